The molecule has 24 heavy (non-hydrogen) atoms. The van der Waals surface area contributed by atoms with Crippen LogP contribution in [0.25, 0.3) is 0 Å². The summed E-state index contributed by atoms with van der Waals surface area (Å²) in [5.41, 5.74) is 2.70. The van der Waals surface area contributed by atoms with E-state index in [4.69, 9.17) is 14.1 Å². The van der Waals surface area contributed by atoms with E-state index >= 15 is 0 Å². The van der Waals surface area contributed by atoms with Crippen molar-refractivity contribution in [3.63, 3.8) is 0 Å². The van der Waals surface area contributed by atoms with Crippen molar-refractivity contribution in [1.29, 1.82) is 0 Å². The fourth-order valence-corrected chi connectivity index (χ4v) is 2.73. The van der Waals surface area contributed by atoms with E-state index in [2.05, 4.69) is 36.1 Å². The SMILES string of the molecule is Cc1ccc(CC(=Nc2cc(C)oc(=O)c2)N2CCOCC2)cc1. The molecule has 2 heterocycles. The number of aliphatic imine (C=N–C) groups is 1. The molecule has 126 valence electrons. The van der Waals surface area contributed by atoms with E-state index in [0.717, 1.165) is 25.3 Å². The number of aryl methyl sites for hydroxylation is 2. The number of benzene rings is 1. The van der Waals surface area contributed by atoms with E-state index in [1.54, 1.807) is 13.0 Å². The summed E-state index contributed by atoms with van der Waals surface area (Å²) in [7, 11) is 0. The zero-order valence-corrected chi connectivity index (χ0v) is 14.1. The Morgan fingerprint density at radius 2 is 1.83 bits per heavy atom. The van der Waals surface area contributed by atoms with Crippen LogP contribution < -0.4 is 5.63 Å². The van der Waals surface area contributed by atoms with Gasteiger partial charge < -0.3 is 14.1 Å². The second-order valence-electron chi connectivity index (χ2n) is 6.04. The van der Waals surface area contributed by atoms with Crippen LogP contribution in [0.1, 0.15) is 16.9 Å². The molecule has 0 unspecified atom stereocenters. The van der Waals surface area contributed by atoms with Crippen LogP contribution in [0.15, 0.2) is 50.6 Å². The van der Waals surface area contributed by atoms with Gasteiger partial charge in [0.1, 0.15) is 11.6 Å². The standard InChI is InChI=1S/C19H22N2O3/c1-14-3-5-16(6-4-14)12-18(21-7-9-23-10-8-21)20-17-11-15(2)24-19(22)13-17/h3-6,11,13H,7-10,12H2,1-2H3. The number of morpholine rings is 1. The first-order chi connectivity index (χ1) is 11.6. The average molecular weight is 326 g/mol. The van der Waals surface area contributed by atoms with E-state index in [-0.39, 0.29) is 5.63 Å². The second-order valence-corrected chi connectivity index (χ2v) is 6.04. The van der Waals surface area contributed by atoms with Crippen molar-refractivity contribution in [3.05, 3.63) is 63.7 Å². The van der Waals surface area contributed by atoms with Crippen LogP contribution >= 0.6 is 0 Å². The fraction of sp³-hybridized carbons (Fsp3) is 0.368. The third-order valence-corrected chi connectivity index (χ3v) is 4.00. The van der Waals surface area contributed by atoms with Gasteiger partial charge in [-0.15, -0.1) is 0 Å². The van der Waals surface area contributed by atoms with Gasteiger partial charge in [-0.3, -0.25) is 0 Å². The molecule has 5 nitrogen and oxygen atoms in total. The molecule has 5 heteroatoms. The highest BCUT2D eigenvalue weighted by Crippen LogP contribution is 2.15. The maximum atomic E-state index is 11.6. The third kappa shape index (κ3) is 4.32. The maximum absolute atomic E-state index is 11.6. The number of rotatable bonds is 3. The molecule has 1 aromatic carbocycles. The van der Waals surface area contributed by atoms with Gasteiger partial charge in [-0.25, -0.2) is 9.79 Å². The number of hydrogen-bond acceptors (Lipinski definition) is 4. The summed E-state index contributed by atoms with van der Waals surface area (Å²) in [6.45, 7) is 6.85. The first-order valence-corrected chi connectivity index (χ1v) is 8.18. The summed E-state index contributed by atoms with van der Waals surface area (Å²) in [5, 5.41) is 0. The first kappa shape index (κ1) is 16.5. The van der Waals surface area contributed by atoms with Crippen molar-refractivity contribution in [2.75, 3.05) is 26.3 Å². The number of amidine groups is 1. The molecule has 0 radical (unpaired) electrons. The lowest BCUT2D eigenvalue weighted by atomic mass is 10.1. The Morgan fingerprint density at radius 3 is 2.50 bits per heavy atom. The molecule has 0 bridgehead atoms. The molecular weight excluding hydrogens is 304 g/mol. The predicted molar refractivity (Wildman–Crippen MR) is 94.1 cm³/mol. The van der Waals surface area contributed by atoms with Crippen LogP contribution in [0.5, 0.6) is 0 Å². The van der Waals surface area contributed by atoms with Gasteiger partial charge in [0, 0.05) is 31.6 Å². The number of hydrogen-bond donors (Lipinski definition) is 0. The normalized spacial score (nSPS) is 15.6. The smallest absolute Gasteiger partial charge is 0.338 e. The van der Waals surface area contributed by atoms with Gasteiger partial charge in [0.15, 0.2) is 0 Å². The Kier molecular flexibility index (Phi) is 5.11. The Balaban J connectivity index is 1.92. The molecule has 1 fully saturated rings. The van der Waals surface area contributed by atoms with Crippen molar-refractivity contribution in [1.82, 2.24) is 4.90 Å². The predicted octanol–water partition coefficient (Wildman–Crippen LogP) is 2.86. The summed E-state index contributed by atoms with van der Waals surface area (Å²) < 4.78 is 10.5. The largest absolute Gasteiger partial charge is 0.428 e. The molecule has 0 amide bonds. The zero-order chi connectivity index (χ0) is 16.9. The van der Waals surface area contributed by atoms with Gasteiger partial charge >= 0.3 is 5.63 Å². The van der Waals surface area contributed by atoms with Crippen LogP contribution in [0.2, 0.25) is 0 Å². The van der Waals surface area contributed by atoms with Crippen LogP contribution in [-0.2, 0) is 11.2 Å². The quantitative estimate of drug-likeness (QED) is 0.643. The Hall–Kier alpha value is -2.40. The number of nitrogens with zero attached hydrogens (tertiary/aromatic N) is 2. The molecule has 0 N–H and O–H groups in total. The summed E-state index contributed by atoms with van der Waals surface area (Å²) in [4.78, 5) is 18.6. The van der Waals surface area contributed by atoms with E-state index in [1.807, 2.05) is 0 Å². The van der Waals surface area contributed by atoms with Gasteiger partial charge in [0.25, 0.3) is 0 Å². The van der Waals surface area contributed by atoms with E-state index < -0.39 is 0 Å². The molecule has 0 saturated carbocycles. The zero-order valence-electron chi connectivity index (χ0n) is 14.1. The van der Waals surface area contributed by atoms with Gasteiger partial charge in [-0.05, 0) is 19.4 Å². The topological polar surface area (TPSA) is 55.0 Å². The van der Waals surface area contributed by atoms with E-state index in [0.29, 0.717) is 24.7 Å². The minimum absolute atomic E-state index is 0.370. The highest BCUT2D eigenvalue weighted by atomic mass is 16.5. The van der Waals surface area contributed by atoms with Crippen molar-refractivity contribution >= 4 is 11.5 Å². The van der Waals surface area contributed by atoms with E-state index in [9.17, 15) is 4.79 Å². The molecule has 0 aliphatic carbocycles. The van der Waals surface area contributed by atoms with Crippen LogP contribution in [0.3, 0.4) is 0 Å². The molecule has 1 aliphatic rings. The Labute approximate surface area is 141 Å². The monoisotopic (exact) mass is 326 g/mol. The minimum atomic E-state index is -0.370. The molecular formula is C19H22N2O3. The highest BCUT2D eigenvalue weighted by Gasteiger charge is 2.16. The van der Waals surface area contributed by atoms with Gasteiger partial charge in [0.2, 0.25) is 0 Å². The molecule has 3 rings (SSSR count). The lowest BCUT2D eigenvalue weighted by molar-refractivity contribution is 0.0674. The molecule has 0 spiro atoms. The second kappa shape index (κ2) is 7.45. The van der Waals surface area contributed by atoms with Crippen LogP contribution in [0.4, 0.5) is 5.69 Å². The molecule has 1 aliphatic heterocycles. The van der Waals surface area contributed by atoms with Crippen molar-refractivity contribution in [3.8, 4) is 0 Å². The summed E-state index contributed by atoms with van der Waals surface area (Å²) in [6.07, 6.45) is 0.722. The van der Waals surface area contributed by atoms with Gasteiger partial charge in [0.05, 0.1) is 18.9 Å². The Bertz CT molecular complexity index is 772. The Morgan fingerprint density at radius 1 is 1.12 bits per heavy atom. The third-order valence-electron chi connectivity index (χ3n) is 4.00. The molecule has 1 saturated heterocycles. The average Bonchev–Trinajstić information content (AvgIpc) is 2.56. The lowest BCUT2D eigenvalue weighted by Crippen LogP contribution is -2.41. The highest BCUT2D eigenvalue weighted by molar-refractivity contribution is 5.87. The van der Waals surface area contributed by atoms with Crippen LogP contribution in [-0.4, -0.2) is 37.0 Å². The maximum Gasteiger partial charge on any atom is 0.338 e. The molecule has 0 atom stereocenters. The molecule has 1 aromatic heterocycles. The van der Waals surface area contributed by atoms with Gasteiger partial charge in [-0.1, -0.05) is 29.8 Å². The van der Waals surface area contributed by atoms with E-state index in [1.165, 1.54) is 17.2 Å². The van der Waals surface area contributed by atoms with Crippen molar-refractivity contribution in [2.45, 2.75) is 20.3 Å². The minimum Gasteiger partial charge on any atom is -0.428 e. The lowest BCUT2D eigenvalue weighted by Gasteiger charge is -2.30. The van der Waals surface area contributed by atoms with Gasteiger partial charge in [-0.2, -0.15) is 0 Å². The molecule has 2 aromatic rings. The first-order valence-electron chi connectivity index (χ1n) is 8.18. The van der Waals surface area contributed by atoms with Crippen molar-refractivity contribution < 1.29 is 9.15 Å². The summed E-state index contributed by atoms with van der Waals surface area (Å²) in [5.74, 6) is 1.52. The summed E-state index contributed by atoms with van der Waals surface area (Å²) >= 11 is 0. The fourth-order valence-electron chi connectivity index (χ4n) is 2.73. The summed E-state index contributed by atoms with van der Waals surface area (Å²) in [6, 6.07) is 11.7. The van der Waals surface area contributed by atoms with Crippen molar-refractivity contribution in [2.24, 2.45) is 4.99 Å². The number of ether oxygens (including phenoxy) is 1. The van der Waals surface area contributed by atoms with Crippen LogP contribution in [0, 0.1) is 13.8 Å².